The van der Waals surface area contributed by atoms with Crippen LogP contribution in [0.15, 0.2) is 0 Å². The molecule has 0 amide bonds. The average Bonchev–Trinajstić information content (AvgIpc) is 2.89. The maximum Gasteiger partial charge on any atom is 0.222 e. The molecule has 0 unspecified atom stereocenters. The van der Waals surface area contributed by atoms with E-state index in [9.17, 15) is 5.11 Å². The number of fused-ring (bicyclic) bond motifs is 1. The summed E-state index contributed by atoms with van der Waals surface area (Å²) in [7, 11) is 1.71. The Bertz CT molecular complexity index is 494. The number of rotatable bonds is 3. The SMILES string of the molecule is CO[C@H]1C[C@@H](CO)N(c2nc(N)nc3c2CCCC3)C1. The molecule has 3 N–H and O–H groups in total. The third kappa shape index (κ3) is 2.33. The standard InChI is InChI=1S/C14H22N4O2/c1-20-10-6-9(8-19)18(7-10)13-11-4-2-3-5-12(11)16-14(15)17-13/h9-10,19H,2-8H2,1H3,(H2,15,16,17)/t9-,10-/m0/s1. The van der Waals surface area contributed by atoms with Crippen molar-refractivity contribution < 1.29 is 9.84 Å². The van der Waals surface area contributed by atoms with E-state index in [1.165, 1.54) is 12.0 Å². The molecule has 0 radical (unpaired) electrons. The molecule has 0 saturated carbocycles. The number of hydrogen-bond donors (Lipinski definition) is 2. The maximum absolute atomic E-state index is 9.61. The first-order valence-corrected chi connectivity index (χ1v) is 7.28. The number of ether oxygens (including phenoxy) is 1. The van der Waals surface area contributed by atoms with E-state index in [0.717, 1.165) is 43.7 Å². The largest absolute Gasteiger partial charge is 0.394 e. The van der Waals surface area contributed by atoms with E-state index >= 15 is 0 Å². The number of nitrogens with two attached hydrogens (primary N) is 1. The third-order valence-electron chi connectivity index (χ3n) is 4.37. The molecule has 1 aliphatic heterocycles. The van der Waals surface area contributed by atoms with Gasteiger partial charge in [-0.2, -0.15) is 4.98 Å². The molecule has 1 aliphatic carbocycles. The van der Waals surface area contributed by atoms with Gasteiger partial charge in [0.25, 0.3) is 0 Å². The molecule has 2 heterocycles. The van der Waals surface area contributed by atoms with E-state index in [1.54, 1.807) is 7.11 Å². The van der Waals surface area contributed by atoms with Crippen molar-refractivity contribution in [2.45, 2.75) is 44.2 Å². The first-order valence-electron chi connectivity index (χ1n) is 7.28. The zero-order valence-electron chi connectivity index (χ0n) is 11.9. The fourth-order valence-electron chi connectivity index (χ4n) is 3.31. The van der Waals surface area contributed by atoms with Crippen molar-refractivity contribution in [3.8, 4) is 0 Å². The second-order valence-corrected chi connectivity index (χ2v) is 5.62. The lowest BCUT2D eigenvalue weighted by atomic mass is 9.96. The van der Waals surface area contributed by atoms with E-state index in [4.69, 9.17) is 10.5 Å². The highest BCUT2D eigenvalue weighted by atomic mass is 16.5. The first-order chi connectivity index (χ1) is 9.72. The summed E-state index contributed by atoms with van der Waals surface area (Å²) in [5.41, 5.74) is 8.15. The number of aromatic nitrogens is 2. The molecule has 1 fully saturated rings. The summed E-state index contributed by atoms with van der Waals surface area (Å²) in [5.74, 6) is 1.24. The van der Waals surface area contributed by atoms with Crippen LogP contribution < -0.4 is 10.6 Å². The highest BCUT2D eigenvalue weighted by Gasteiger charge is 2.35. The lowest BCUT2D eigenvalue weighted by Gasteiger charge is -2.28. The van der Waals surface area contributed by atoms with Crippen molar-refractivity contribution in [3.05, 3.63) is 11.3 Å². The van der Waals surface area contributed by atoms with Crippen LogP contribution in [0.25, 0.3) is 0 Å². The van der Waals surface area contributed by atoms with Crippen molar-refractivity contribution in [3.63, 3.8) is 0 Å². The molecule has 0 spiro atoms. The van der Waals surface area contributed by atoms with Crippen LogP contribution in [-0.2, 0) is 17.6 Å². The molecule has 0 aromatic carbocycles. The van der Waals surface area contributed by atoms with Gasteiger partial charge in [0.15, 0.2) is 0 Å². The quantitative estimate of drug-likeness (QED) is 0.838. The summed E-state index contributed by atoms with van der Waals surface area (Å²) in [4.78, 5) is 11.0. The Morgan fingerprint density at radius 2 is 2.15 bits per heavy atom. The van der Waals surface area contributed by atoms with Crippen molar-refractivity contribution in [1.82, 2.24) is 9.97 Å². The van der Waals surface area contributed by atoms with Crippen LogP contribution in [0.5, 0.6) is 0 Å². The number of anilines is 2. The summed E-state index contributed by atoms with van der Waals surface area (Å²) >= 11 is 0. The summed E-state index contributed by atoms with van der Waals surface area (Å²) < 4.78 is 5.44. The Labute approximate surface area is 119 Å². The molecule has 1 saturated heterocycles. The van der Waals surface area contributed by atoms with Gasteiger partial charge in [-0.05, 0) is 32.1 Å². The summed E-state index contributed by atoms with van der Waals surface area (Å²) in [6.07, 6.45) is 5.26. The molecule has 1 aromatic heterocycles. The Morgan fingerprint density at radius 3 is 2.90 bits per heavy atom. The Morgan fingerprint density at radius 1 is 1.35 bits per heavy atom. The van der Waals surface area contributed by atoms with Crippen LogP contribution in [0.1, 0.15) is 30.5 Å². The van der Waals surface area contributed by atoms with Crippen LogP contribution in [-0.4, -0.2) is 47.5 Å². The minimum atomic E-state index is 0.0558. The Hall–Kier alpha value is -1.40. The molecule has 110 valence electrons. The highest BCUT2D eigenvalue weighted by molar-refractivity contribution is 5.54. The van der Waals surface area contributed by atoms with Crippen molar-refractivity contribution >= 4 is 11.8 Å². The number of nitrogens with zero attached hydrogens (tertiary/aromatic N) is 3. The number of aryl methyl sites for hydroxylation is 1. The summed E-state index contributed by atoms with van der Waals surface area (Å²) in [6, 6.07) is 0.0558. The predicted molar refractivity (Wildman–Crippen MR) is 76.7 cm³/mol. The minimum Gasteiger partial charge on any atom is -0.394 e. The lowest BCUT2D eigenvalue weighted by molar-refractivity contribution is 0.115. The second-order valence-electron chi connectivity index (χ2n) is 5.62. The normalized spacial score (nSPS) is 25.8. The lowest BCUT2D eigenvalue weighted by Crippen LogP contribution is -2.35. The maximum atomic E-state index is 9.61. The smallest absolute Gasteiger partial charge is 0.222 e. The zero-order chi connectivity index (χ0) is 14.1. The van der Waals surface area contributed by atoms with Crippen molar-refractivity contribution in [2.75, 3.05) is 30.9 Å². The van der Waals surface area contributed by atoms with Gasteiger partial charge in [-0.15, -0.1) is 0 Å². The zero-order valence-corrected chi connectivity index (χ0v) is 11.9. The van der Waals surface area contributed by atoms with Gasteiger partial charge in [-0.1, -0.05) is 0 Å². The van der Waals surface area contributed by atoms with Gasteiger partial charge in [0, 0.05) is 19.2 Å². The molecule has 2 atom stereocenters. The van der Waals surface area contributed by atoms with Crippen molar-refractivity contribution in [1.29, 1.82) is 0 Å². The molecular weight excluding hydrogens is 256 g/mol. The van der Waals surface area contributed by atoms with Gasteiger partial charge < -0.3 is 20.5 Å². The van der Waals surface area contributed by atoms with E-state index in [0.29, 0.717) is 5.95 Å². The molecule has 6 heteroatoms. The number of methoxy groups -OCH3 is 1. The van der Waals surface area contributed by atoms with E-state index < -0.39 is 0 Å². The summed E-state index contributed by atoms with van der Waals surface area (Å²) in [5, 5.41) is 9.61. The summed E-state index contributed by atoms with van der Waals surface area (Å²) in [6.45, 7) is 0.864. The molecule has 20 heavy (non-hydrogen) atoms. The van der Waals surface area contributed by atoms with Gasteiger partial charge in [0.2, 0.25) is 5.95 Å². The van der Waals surface area contributed by atoms with E-state index in [2.05, 4.69) is 14.9 Å². The topological polar surface area (TPSA) is 84.5 Å². The molecular formula is C14H22N4O2. The van der Waals surface area contributed by atoms with Gasteiger partial charge in [-0.3, -0.25) is 0 Å². The predicted octanol–water partition coefficient (Wildman–Crippen LogP) is 0.524. The average molecular weight is 278 g/mol. The van der Waals surface area contributed by atoms with Crippen molar-refractivity contribution in [2.24, 2.45) is 0 Å². The van der Waals surface area contributed by atoms with Gasteiger partial charge in [0.1, 0.15) is 5.82 Å². The van der Waals surface area contributed by atoms with Crippen LogP contribution in [0, 0.1) is 0 Å². The van der Waals surface area contributed by atoms with E-state index in [1.807, 2.05) is 0 Å². The molecule has 1 aromatic rings. The number of aliphatic hydroxyl groups is 1. The Balaban J connectivity index is 1.98. The van der Waals surface area contributed by atoms with E-state index in [-0.39, 0.29) is 18.8 Å². The highest BCUT2D eigenvalue weighted by Crippen LogP contribution is 2.33. The van der Waals surface area contributed by atoms with Crippen LogP contribution >= 0.6 is 0 Å². The van der Waals surface area contributed by atoms with Crippen LogP contribution in [0.3, 0.4) is 0 Å². The minimum absolute atomic E-state index is 0.0558. The van der Waals surface area contributed by atoms with Gasteiger partial charge in [-0.25, -0.2) is 4.98 Å². The molecule has 6 nitrogen and oxygen atoms in total. The van der Waals surface area contributed by atoms with Gasteiger partial charge >= 0.3 is 0 Å². The monoisotopic (exact) mass is 278 g/mol. The van der Waals surface area contributed by atoms with Crippen LogP contribution in [0.2, 0.25) is 0 Å². The molecule has 0 bridgehead atoms. The first kappa shape index (κ1) is 13.6. The third-order valence-corrected chi connectivity index (χ3v) is 4.37. The Kier molecular flexibility index (Phi) is 3.76. The second kappa shape index (κ2) is 5.54. The molecule has 3 rings (SSSR count). The van der Waals surface area contributed by atoms with Crippen LogP contribution in [0.4, 0.5) is 11.8 Å². The number of nitrogen functional groups attached to an aromatic ring is 1. The fourth-order valence-corrected chi connectivity index (χ4v) is 3.31. The van der Waals surface area contributed by atoms with Gasteiger partial charge in [0.05, 0.1) is 24.4 Å². The number of aliphatic hydroxyl groups excluding tert-OH is 1. The number of hydrogen-bond acceptors (Lipinski definition) is 6. The molecule has 2 aliphatic rings. The fraction of sp³-hybridized carbons (Fsp3) is 0.714.